The highest BCUT2D eigenvalue weighted by Gasteiger charge is 2.34. The van der Waals surface area contributed by atoms with E-state index >= 15 is 0 Å². The van der Waals surface area contributed by atoms with Gasteiger partial charge in [0.15, 0.2) is 0 Å². The summed E-state index contributed by atoms with van der Waals surface area (Å²) in [6.07, 6.45) is 2.56. The first-order chi connectivity index (χ1) is 8.43. The molecule has 1 saturated heterocycles. The van der Waals surface area contributed by atoms with Gasteiger partial charge < -0.3 is 4.90 Å². The Balaban J connectivity index is 1.90. The standard InChI is InChI=1S/C14H15N3/c1-2-4-10(5-3-1)12-14-13(16-15-12)11-6-8-17(14)9-7-11/h1-5,11H,6-9H2,(H,15,16). The van der Waals surface area contributed by atoms with Crippen LogP contribution in [0.25, 0.3) is 11.3 Å². The van der Waals surface area contributed by atoms with Crippen LogP contribution in [0.15, 0.2) is 30.3 Å². The molecule has 2 bridgehead atoms. The van der Waals surface area contributed by atoms with Crippen molar-refractivity contribution < 1.29 is 0 Å². The van der Waals surface area contributed by atoms with Crippen molar-refractivity contribution >= 4 is 5.69 Å². The number of rotatable bonds is 1. The molecule has 0 spiro atoms. The van der Waals surface area contributed by atoms with Gasteiger partial charge in [0.25, 0.3) is 0 Å². The van der Waals surface area contributed by atoms with Gasteiger partial charge in [-0.2, -0.15) is 5.10 Å². The Labute approximate surface area is 100 Å². The second-order valence-electron chi connectivity index (χ2n) is 4.96. The Morgan fingerprint density at radius 3 is 2.65 bits per heavy atom. The zero-order valence-corrected chi connectivity index (χ0v) is 9.69. The maximum atomic E-state index is 4.54. The molecule has 1 aromatic heterocycles. The third kappa shape index (κ3) is 1.25. The van der Waals surface area contributed by atoms with Crippen LogP contribution in [0.4, 0.5) is 5.69 Å². The normalized spacial score (nSPS) is 18.5. The van der Waals surface area contributed by atoms with Gasteiger partial charge in [-0.3, -0.25) is 5.10 Å². The first kappa shape index (κ1) is 9.28. The summed E-state index contributed by atoms with van der Waals surface area (Å²) in [5.41, 5.74) is 5.07. The van der Waals surface area contributed by atoms with E-state index in [0.29, 0.717) is 5.92 Å². The molecule has 0 amide bonds. The van der Waals surface area contributed by atoms with Crippen LogP contribution >= 0.6 is 0 Å². The molecule has 3 aliphatic rings. The second-order valence-corrected chi connectivity index (χ2v) is 4.96. The van der Waals surface area contributed by atoms with Crippen molar-refractivity contribution in [3.8, 4) is 11.3 Å². The fraction of sp³-hybridized carbons (Fsp3) is 0.357. The number of hydrogen-bond donors (Lipinski definition) is 1. The number of benzene rings is 1. The average Bonchev–Trinajstić information content (AvgIpc) is 2.88. The number of H-pyrrole nitrogens is 1. The molecule has 0 radical (unpaired) electrons. The summed E-state index contributed by atoms with van der Waals surface area (Å²) in [6, 6.07) is 10.5. The van der Waals surface area contributed by atoms with Crippen molar-refractivity contribution in [2.75, 3.05) is 18.0 Å². The predicted octanol–water partition coefficient (Wildman–Crippen LogP) is 2.77. The van der Waals surface area contributed by atoms with Crippen LogP contribution in [-0.2, 0) is 0 Å². The number of nitrogens with zero attached hydrogens (tertiary/aromatic N) is 2. The first-order valence-electron chi connectivity index (χ1n) is 6.32. The van der Waals surface area contributed by atoms with Gasteiger partial charge in [-0.25, -0.2) is 0 Å². The molecule has 0 atom stereocenters. The monoisotopic (exact) mass is 225 g/mol. The molecule has 3 nitrogen and oxygen atoms in total. The van der Waals surface area contributed by atoms with Crippen molar-refractivity contribution in [3.63, 3.8) is 0 Å². The van der Waals surface area contributed by atoms with E-state index in [4.69, 9.17) is 0 Å². The van der Waals surface area contributed by atoms with Crippen molar-refractivity contribution in [1.29, 1.82) is 0 Å². The summed E-state index contributed by atoms with van der Waals surface area (Å²) in [5.74, 6) is 0.708. The SMILES string of the molecule is c1ccc(-c2n[nH]c3c2N2CCC3CC2)cc1. The van der Waals surface area contributed by atoms with E-state index in [1.807, 2.05) is 0 Å². The van der Waals surface area contributed by atoms with E-state index in [1.165, 1.54) is 42.9 Å². The van der Waals surface area contributed by atoms with E-state index in [-0.39, 0.29) is 0 Å². The Morgan fingerprint density at radius 1 is 1.12 bits per heavy atom. The number of fused-ring (bicyclic) bond motifs is 2. The number of nitrogens with one attached hydrogen (secondary N) is 1. The number of aromatic nitrogens is 2. The van der Waals surface area contributed by atoms with Crippen LogP contribution in [0.1, 0.15) is 24.5 Å². The highest BCUT2D eigenvalue weighted by atomic mass is 15.2. The predicted molar refractivity (Wildman–Crippen MR) is 68.2 cm³/mol. The van der Waals surface area contributed by atoms with E-state index in [0.717, 1.165) is 5.69 Å². The third-order valence-corrected chi connectivity index (χ3v) is 4.03. The summed E-state index contributed by atoms with van der Waals surface area (Å²) in [7, 11) is 0. The minimum absolute atomic E-state index is 0.708. The average molecular weight is 225 g/mol. The topological polar surface area (TPSA) is 31.9 Å². The molecule has 3 aliphatic heterocycles. The van der Waals surface area contributed by atoms with Gasteiger partial charge in [0, 0.05) is 24.6 Å². The summed E-state index contributed by atoms with van der Waals surface area (Å²) < 4.78 is 0. The van der Waals surface area contributed by atoms with Gasteiger partial charge in [0.05, 0.1) is 11.4 Å². The second kappa shape index (κ2) is 3.36. The Kier molecular flexibility index (Phi) is 1.83. The summed E-state index contributed by atoms with van der Waals surface area (Å²) in [6.45, 7) is 2.38. The van der Waals surface area contributed by atoms with E-state index in [1.54, 1.807) is 0 Å². The lowest BCUT2D eigenvalue weighted by Gasteiger charge is -2.40. The van der Waals surface area contributed by atoms with Crippen LogP contribution < -0.4 is 4.90 Å². The van der Waals surface area contributed by atoms with Gasteiger partial charge in [0.2, 0.25) is 0 Å². The van der Waals surface area contributed by atoms with Gasteiger partial charge in [-0.05, 0) is 12.8 Å². The molecular formula is C14H15N3. The lowest BCUT2D eigenvalue weighted by Crippen LogP contribution is -2.38. The fourth-order valence-electron chi connectivity index (χ4n) is 3.14. The Hall–Kier alpha value is -1.77. The summed E-state index contributed by atoms with van der Waals surface area (Å²) in [4.78, 5) is 2.49. The number of anilines is 1. The molecule has 3 heteroatoms. The van der Waals surface area contributed by atoms with Gasteiger partial charge in [0.1, 0.15) is 5.69 Å². The highest BCUT2D eigenvalue weighted by Crippen LogP contribution is 2.45. The lowest BCUT2D eigenvalue weighted by molar-refractivity contribution is 0.466. The zero-order valence-electron chi connectivity index (χ0n) is 9.69. The van der Waals surface area contributed by atoms with E-state index < -0.39 is 0 Å². The minimum Gasteiger partial charge on any atom is -0.368 e. The maximum absolute atomic E-state index is 4.54. The largest absolute Gasteiger partial charge is 0.368 e. The number of aromatic amines is 1. The summed E-state index contributed by atoms with van der Waals surface area (Å²) >= 11 is 0. The smallest absolute Gasteiger partial charge is 0.116 e. The summed E-state index contributed by atoms with van der Waals surface area (Å²) in [5, 5.41) is 7.81. The van der Waals surface area contributed by atoms with Crippen LogP contribution in [0, 0.1) is 0 Å². The van der Waals surface area contributed by atoms with Gasteiger partial charge in [-0.1, -0.05) is 30.3 Å². The molecule has 1 aromatic carbocycles. The molecule has 0 aliphatic carbocycles. The van der Waals surface area contributed by atoms with Crippen LogP contribution in [0.5, 0.6) is 0 Å². The molecule has 2 aromatic rings. The van der Waals surface area contributed by atoms with E-state index in [9.17, 15) is 0 Å². The minimum atomic E-state index is 0.708. The molecule has 0 saturated carbocycles. The van der Waals surface area contributed by atoms with Crippen LogP contribution in [0.3, 0.4) is 0 Å². The van der Waals surface area contributed by atoms with Crippen LogP contribution in [0.2, 0.25) is 0 Å². The molecular weight excluding hydrogens is 210 g/mol. The van der Waals surface area contributed by atoms with Gasteiger partial charge in [-0.15, -0.1) is 0 Å². The van der Waals surface area contributed by atoms with E-state index in [2.05, 4.69) is 45.4 Å². The van der Waals surface area contributed by atoms with Crippen molar-refractivity contribution in [2.24, 2.45) is 0 Å². The molecule has 86 valence electrons. The van der Waals surface area contributed by atoms with Gasteiger partial charge >= 0.3 is 0 Å². The quantitative estimate of drug-likeness (QED) is 0.809. The fourth-order valence-corrected chi connectivity index (χ4v) is 3.14. The molecule has 1 N–H and O–H groups in total. The van der Waals surface area contributed by atoms with Crippen LogP contribution in [-0.4, -0.2) is 23.3 Å². The van der Waals surface area contributed by atoms with Crippen molar-refractivity contribution in [2.45, 2.75) is 18.8 Å². The molecule has 0 unspecified atom stereocenters. The molecule has 4 heterocycles. The highest BCUT2D eigenvalue weighted by molar-refractivity contribution is 5.78. The lowest BCUT2D eigenvalue weighted by atomic mass is 9.86. The molecule has 17 heavy (non-hydrogen) atoms. The molecule has 5 rings (SSSR count). The maximum Gasteiger partial charge on any atom is 0.116 e. The van der Waals surface area contributed by atoms with Crippen molar-refractivity contribution in [1.82, 2.24) is 10.2 Å². The zero-order chi connectivity index (χ0) is 11.2. The number of piperidine rings is 1. The third-order valence-electron chi connectivity index (χ3n) is 4.03. The first-order valence-corrected chi connectivity index (χ1v) is 6.32. The Bertz CT molecular complexity index is 536. The molecule has 1 fully saturated rings. The van der Waals surface area contributed by atoms with Crippen molar-refractivity contribution in [3.05, 3.63) is 36.0 Å². The Morgan fingerprint density at radius 2 is 1.88 bits per heavy atom. The number of hydrogen-bond acceptors (Lipinski definition) is 2.